The van der Waals surface area contributed by atoms with E-state index in [0.717, 1.165) is 31.6 Å². The SMILES string of the molecule is CCCCNc1nc(SCCC)nc2c1nnn2C1CC(C(=O)O)CC1O[Si](C)(C)C(C)(C)C. The number of thioether (sulfide) groups is 1. The number of nitrogens with zero attached hydrogens (tertiary/aromatic N) is 5. The summed E-state index contributed by atoms with van der Waals surface area (Å²) in [5.74, 6) is 0.352. The van der Waals surface area contributed by atoms with E-state index >= 15 is 0 Å². The molecule has 3 rings (SSSR count). The molecule has 3 unspecified atom stereocenters. The number of nitrogens with one attached hydrogen (secondary N) is 1. The summed E-state index contributed by atoms with van der Waals surface area (Å²) in [6.07, 6.45) is 3.81. The van der Waals surface area contributed by atoms with E-state index in [1.807, 2.05) is 0 Å². The van der Waals surface area contributed by atoms with E-state index in [9.17, 15) is 9.90 Å². The zero-order valence-electron chi connectivity index (χ0n) is 21.6. The van der Waals surface area contributed by atoms with Crippen molar-refractivity contribution in [2.24, 2.45) is 5.92 Å². The number of carboxylic acid groups (broad SMARTS) is 1. The predicted molar refractivity (Wildman–Crippen MR) is 139 cm³/mol. The number of carbonyl (C=O) groups is 1. The van der Waals surface area contributed by atoms with E-state index in [2.05, 4.69) is 63.3 Å². The first-order chi connectivity index (χ1) is 16.0. The van der Waals surface area contributed by atoms with E-state index in [1.165, 1.54) is 0 Å². The Labute approximate surface area is 208 Å². The van der Waals surface area contributed by atoms with Gasteiger partial charge in [0.15, 0.2) is 30.5 Å². The lowest BCUT2D eigenvalue weighted by atomic mass is 10.1. The maximum atomic E-state index is 11.9. The fourth-order valence-electron chi connectivity index (χ4n) is 3.92. The van der Waals surface area contributed by atoms with Gasteiger partial charge in [0, 0.05) is 12.3 Å². The van der Waals surface area contributed by atoms with Crippen LogP contribution in [0, 0.1) is 5.92 Å². The highest BCUT2D eigenvalue weighted by Gasteiger charge is 2.47. The molecule has 0 aromatic carbocycles. The summed E-state index contributed by atoms with van der Waals surface area (Å²) >= 11 is 1.61. The van der Waals surface area contributed by atoms with Gasteiger partial charge in [0.1, 0.15) is 0 Å². The average molecular weight is 509 g/mol. The van der Waals surface area contributed by atoms with Gasteiger partial charge in [0.05, 0.1) is 18.1 Å². The number of carboxylic acids is 1. The van der Waals surface area contributed by atoms with Gasteiger partial charge in [-0.05, 0) is 43.8 Å². The number of aromatic nitrogens is 5. The third kappa shape index (κ3) is 5.91. The monoisotopic (exact) mass is 508 g/mol. The molecular formula is C23H40N6O3SSi. The van der Waals surface area contributed by atoms with Crippen LogP contribution >= 0.6 is 11.8 Å². The van der Waals surface area contributed by atoms with Crippen LogP contribution in [0.15, 0.2) is 5.16 Å². The first kappa shape index (κ1) is 26.9. The summed E-state index contributed by atoms with van der Waals surface area (Å²) in [5.41, 5.74) is 1.27. The van der Waals surface area contributed by atoms with Gasteiger partial charge >= 0.3 is 5.97 Å². The average Bonchev–Trinajstić information content (AvgIpc) is 3.35. The van der Waals surface area contributed by atoms with Gasteiger partial charge in [0.25, 0.3) is 0 Å². The molecule has 0 aliphatic heterocycles. The highest BCUT2D eigenvalue weighted by atomic mass is 32.2. The van der Waals surface area contributed by atoms with Crippen molar-refractivity contribution >= 4 is 43.0 Å². The van der Waals surface area contributed by atoms with Crippen molar-refractivity contribution in [1.82, 2.24) is 25.0 Å². The number of unbranched alkanes of at least 4 members (excludes halogenated alkanes) is 1. The molecule has 0 spiro atoms. The number of aliphatic carboxylic acids is 1. The Morgan fingerprint density at radius 2 is 1.97 bits per heavy atom. The highest BCUT2D eigenvalue weighted by Crippen LogP contribution is 2.44. The van der Waals surface area contributed by atoms with E-state index in [1.54, 1.807) is 16.4 Å². The standard InChI is InChI=1S/C23H40N6O3SSi/c1-8-10-11-24-19-18-20(26-22(25-19)33-12-9-2)29(28-27-18)16-13-15(21(30)31)14-17(16)32-34(6,7)23(3,4)5/h15-17H,8-14H2,1-7H3,(H,30,31)(H,24,25,26). The predicted octanol–water partition coefficient (Wildman–Crippen LogP) is 5.36. The number of hydrogen-bond acceptors (Lipinski definition) is 8. The molecule has 34 heavy (non-hydrogen) atoms. The Hall–Kier alpha value is -1.72. The van der Waals surface area contributed by atoms with E-state index in [-0.39, 0.29) is 17.2 Å². The smallest absolute Gasteiger partial charge is 0.306 e. The largest absolute Gasteiger partial charge is 0.481 e. The Balaban J connectivity index is 2.02. The second-order valence-corrected chi connectivity index (χ2v) is 16.5. The summed E-state index contributed by atoms with van der Waals surface area (Å²) in [6, 6.07) is -0.234. The van der Waals surface area contributed by atoms with Crippen molar-refractivity contribution in [3.05, 3.63) is 0 Å². The van der Waals surface area contributed by atoms with Gasteiger partial charge in [-0.1, -0.05) is 58.0 Å². The number of rotatable bonds is 11. The van der Waals surface area contributed by atoms with Crippen LogP contribution < -0.4 is 5.32 Å². The van der Waals surface area contributed by atoms with Crippen LogP contribution in [0.2, 0.25) is 18.1 Å². The van der Waals surface area contributed by atoms with Crippen LogP contribution in [-0.2, 0) is 9.22 Å². The molecule has 0 bridgehead atoms. The Morgan fingerprint density at radius 1 is 1.24 bits per heavy atom. The molecule has 0 amide bonds. The van der Waals surface area contributed by atoms with Crippen LogP contribution in [0.5, 0.6) is 0 Å². The molecule has 0 radical (unpaired) electrons. The van der Waals surface area contributed by atoms with E-state index in [4.69, 9.17) is 14.4 Å². The summed E-state index contributed by atoms with van der Waals surface area (Å²) in [5, 5.41) is 22.8. The summed E-state index contributed by atoms with van der Waals surface area (Å²) in [7, 11) is -2.12. The number of fused-ring (bicyclic) bond motifs is 1. The third-order valence-electron chi connectivity index (χ3n) is 6.95. The van der Waals surface area contributed by atoms with Crippen LogP contribution in [0.4, 0.5) is 5.82 Å². The minimum Gasteiger partial charge on any atom is -0.481 e. The van der Waals surface area contributed by atoms with Gasteiger partial charge in [0.2, 0.25) is 0 Å². The number of hydrogen-bond donors (Lipinski definition) is 2. The van der Waals surface area contributed by atoms with Gasteiger partial charge in [-0.3, -0.25) is 4.79 Å². The van der Waals surface area contributed by atoms with Gasteiger partial charge in [-0.15, -0.1) is 5.10 Å². The van der Waals surface area contributed by atoms with Crippen LogP contribution in [0.3, 0.4) is 0 Å². The van der Waals surface area contributed by atoms with Crippen molar-refractivity contribution < 1.29 is 14.3 Å². The zero-order valence-corrected chi connectivity index (χ0v) is 23.4. The molecule has 2 N–H and O–H groups in total. The quantitative estimate of drug-likeness (QED) is 0.179. The van der Waals surface area contributed by atoms with Crippen LogP contribution in [-0.4, -0.2) is 62.8 Å². The number of anilines is 1. The van der Waals surface area contributed by atoms with Crippen molar-refractivity contribution in [1.29, 1.82) is 0 Å². The van der Waals surface area contributed by atoms with Crippen molar-refractivity contribution in [3.63, 3.8) is 0 Å². The normalized spacial score (nSPS) is 21.3. The maximum Gasteiger partial charge on any atom is 0.306 e. The second kappa shape index (κ2) is 10.9. The summed E-state index contributed by atoms with van der Waals surface area (Å²) in [6.45, 7) is 16.1. The Morgan fingerprint density at radius 3 is 2.59 bits per heavy atom. The topological polar surface area (TPSA) is 115 Å². The molecule has 9 nitrogen and oxygen atoms in total. The molecule has 3 atom stereocenters. The molecular weight excluding hydrogens is 468 g/mol. The second-order valence-electron chi connectivity index (χ2n) is 10.7. The lowest BCUT2D eigenvalue weighted by molar-refractivity contribution is -0.141. The fraction of sp³-hybridized carbons (Fsp3) is 0.783. The van der Waals surface area contributed by atoms with Crippen molar-refractivity contribution in [2.75, 3.05) is 17.6 Å². The molecule has 11 heteroatoms. The summed E-state index contributed by atoms with van der Waals surface area (Å²) in [4.78, 5) is 21.5. The maximum absolute atomic E-state index is 11.9. The zero-order chi connectivity index (χ0) is 25.1. The molecule has 2 aromatic heterocycles. The fourth-order valence-corrected chi connectivity index (χ4v) is 5.97. The molecule has 2 heterocycles. The first-order valence-corrected chi connectivity index (χ1v) is 16.3. The molecule has 0 saturated heterocycles. The Bertz CT molecular complexity index is 993. The molecule has 190 valence electrons. The molecule has 1 aliphatic carbocycles. The minimum atomic E-state index is -2.12. The lowest BCUT2D eigenvalue weighted by Gasteiger charge is -2.39. The minimum absolute atomic E-state index is 0.0196. The lowest BCUT2D eigenvalue weighted by Crippen LogP contribution is -2.45. The van der Waals surface area contributed by atoms with Gasteiger partial charge in [-0.25, -0.2) is 14.6 Å². The summed E-state index contributed by atoms with van der Waals surface area (Å²) < 4.78 is 8.56. The van der Waals surface area contributed by atoms with Crippen molar-refractivity contribution in [2.45, 2.75) is 102 Å². The molecule has 1 aliphatic rings. The Kier molecular flexibility index (Phi) is 8.62. The first-order valence-electron chi connectivity index (χ1n) is 12.4. The molecule has 2 aromatic rings. The highest BCUT2D eigenvalue weighted by molar-refractivity contribution is 7.99. The molecule has 1 saturated carbocycles. The van der Waals surface area contributed by atoms with Crippen LogP contribution in [0.25, 0.3) is 11.2 Å². The molecule has 1 fully saturated rings. The third-order valence-corrected chi connectivity index (χ3v) is 12.5. The van der Waals surface area contributed by atoms with E-state index < -0.39 is 20.2 Å². The van der Waals surface area contributed by atoms with E-state index in [0.29, 0.717) is 35.0 Å². The van der Waals surface area contributed by atoms with Crippen molar-refractivity contribution in [3.8, 4) is 0 Å². The van der Waals surface area contributed by atoms with Gasteiger partial charge < -0.3 is 14.8 Å². The van der Waals surface area contributed by atoms with Gasteiger partial charge in [-0.2, -0.15) is 0 Å². The van der Waals surface area contributed by atoms with Crippen LogP contribution in [0.1, 0.15) is 72.8 Å².